The first-order chi connectivity index (χ1) is 7.90. The largest absolute Gasteiger partial charge is 0.502 e. The van der Waals surface area contributed by atoms with Gasteiger partial charge >= 0.3 is 11.4 Å². The third kappa shape index (κ3) is 2.25. The van der Waals surface area contributed by atoms with E-state index in [1.165, 1.54) is 0 Å². The average Bonchev–Trinajstić information content (AvgIpc) is 2.23. The van der Waals surface area contributed by atoms with Crippen LogP contribution in [0.2, 0.25) is 0 Å². The second-order valence-corrected chi connectivity index (χ2v) is 3.35. The molecule has 0 aliphatic carbocycles. The van der Waals surface area contributed by atoms with Gasteiger partial charge in [0.05, 0.1) is 15.4 Å². The third-order valence-corrected chi connectivity index (χ3v) is 2.22. The number of benzene rings is 1. The third-order valence-electron chi connectivity index (χ3n) is 2.22. The molecule has 0 unspecified atom stereocenters. The van der Waals surface area contributed by atoms with Gasteiger partial charge in [-0.2, -0.15) is 0 Å². The van der Waals surface area contributed by atoms with Gasteiger partial charge in [0.2, 0.25) is 11.5 Å². The molecule has 0 fully saturated rings. The number of hydrogen-bond acceptors (Lipinski definition) is 6. The lowest BCUT2D eigenvalue weighted by Gasteiger charge is -2.06. The molecule has 92 valence electrons. The maximum Gasteiger partial charge on any atom is 0.318 e. The first-order valence-electron chi connectivity index (χ1n) is 4.76. The molecule has 1 aromatic carbocycles. The summed E-state index contributed by atoms with van der Waals surface area (Å²) in [5, 5.41) is 40.3. The fourth-order valence-electron chi connectivity index (χ4n) is 1.45. The molecule has 0 bridgehead atoms. The minimum absolute atomic E-state index is 0.111. The smallest absolute Gasteiger partial charge is 0.318 e. The molecule has 0 radical (unpaired) electrons. The molecule has 0 spiro atoms. The van der Waals surface area contributed by atoms with Gasteiger partial charge in [0.15, 0.2) is 0 Å². The van der Waals surface area contributed by atoms with Gasteiger partial charge in [-0.25, -0.2) is 0 Å². The highest BCUT2D eigenvalue weighted by Gasteiger charge is 2.29. The lowest BCUT2D eigenvalue weighted by molar-refractivity contribution is -0.395. The van der Waals surface area contributed by atoms with Gasteiger partial charge in [-0.05, 0) is 6.42 Å². The van der Waals surface area contributed by atoms with Crippen LogP contribution in [0.25, 0.3) is 0 Å². The zero-order valence-corrected chi connectivity index (χ0v) is 8.91. The Morgan fingerprint density at radius 2 is 1.53 bits per heavy atom. The van der Waals surface area contributed by atoms with E-state index in [2.05, 4.69) is 0 Å². The van der Waals surface area contributed by atoms with Crippen molar-refractivity contribution in [2.24, 2.45) is 0 Å². The van der Waals surface area contributed by atoms with Gasteiger partial charge in [0.25, 0.3) is 0 Å². The van der Waals surface area contributed by atoms with Crippen molar-refractivity contribution < 1.29 is 20.1 Å². The Bertz CT molecular complexity index is 447. The number of nitro groups is 2. The number of rotatable bonds is 4. The summed E-state index contributed by atoms with van der Waals surface area (Å²) in [4.78, 5) is 19.4. The van der Waals surface area contributed by atoms with Crippen LogP contribution in [0.4, 0.5) is 11.4 Å². The average molecular weight is 242 g/mol. The van der Waals surface area contributed by atoms with Crippen molar-refractivity contribution in [3.63, 3.8) is 0 Å². The predicted octanol–water partition coefficient (Wildman–Crippen LogP) is 1.87. The van der Waals surface area contributed by atoms with E-state index in [1.54, 1.807) is 6.92 Å². The molecule has 1 aromatic rings. The molecule has 0 heterocycles. The highest BCUT2D eigenvalue weighted by molar-refractivity contribution is 5.66. The summed E-state index contributed by atoms with van der Waals surface area (Å²) in [6.07, 6.45) is 0.583. The molecule has 8 heteroatoms. The van der Waals surface area contributed by atoms with Crippen molar-refractivity contribution in [3.8, 4) is 11.5 Å². The molecular weight excluding hydrogens is 232 g/mol. The fourth-order valence-corrected chi connectivity index (χ4v) is 1.45. The van der Waals surface area contributed by atoms with Gasteiger partial charge in [-0.1, -0.05) is 13.3 Å². The molecule has 0 saturated carbocycles. The van der Waals surface area contributed by atoms with E-state index in [-0.39, 0.29) is 12.0 Å². The number of phenolic OH excluding ortho intramolecular Hbond substituents is 2. The number of nitrogens with zero attached hydrogens (tertiary/aromatic N) is 2. The van der Waals surface area contributed by atoms with Crippen LogP contribution < -0.4 is 0 Å². The summed E-state index contributed by atoms with van der Waals surface area (Å²) < 4.78 is 0. The second-order valence-electron chi connectivity index (χ2n) is 3.35. The SMILES string of the molecule is CCCc1c(O)c([N+](=O)[O-])cc([N+](=O)[O-])c1O. The fraction of sp³-hybridized carbons (Fsp3) is 0.333. The quantitative estimate of drug-likeness (QED) is 0.612. The lowest BCUT2D eigenvalue weighted by atomic mass is 10.1. The monoisotopic (exact) mass is 242 g/mol. The van der Waals surface area contributed by atoms with E-state index in [4.69, 9.17) is 0 Å². The molecule has 0 aliphatic rings. The van der Waals surface area contributed by atoms with Crippen LogP contribution in [0.3, 0.4) is 0 Å². The zero-order valence-electron chi connectivity index (χ0n) is 8.91. The maximum absolute atomic E-state index is 10.6. The summed E-state index contributed by atoms with van der Waals surface area (Å²) in [6.45, 7) is 1.71. The van der Waals surface area contributed by atoms with E-state index in [9.17, 15) is 30.4 Å². The first kappa shape index (κ1) is 12.7. The Morgan fingerprint density at radius 3 is 1.82 bits per heavy atom. The van der Waals surface area contributed by atoms with Crippen molar-refractivity contribution in [3.05, 3.63) is 31.9 Å². The van der Waals surface area contributed by atoms with E-state index in [0.717, 1.165) is 0 Å². The van der Waals surface area contributed by atoms with Crippen molar-refractivity contribution in [1.29, 1.82) is 0 Å². The number of hydrogen-bond donors (Lipinski definition) is 2. The molecule has 1 rings (SSSR count). The van der Waals surface area contributed by atoms with E-state index in [0.29, 0.717) is 12.5 Å². The number of nitro benzene ring substituents is 2. The molecule has 0 atom stereocenters. The minimum Gasteiger partial charge on any atom is -0.502 e. The molecule has 2 N–H and O–H groups in total. The Hall–Kier alpha value is -2.38. The molecule has 0 amide bonds. The van der Waals surface area contributed by atoms with Crippen molar-refractivity contribution in [2.45, 2.75) is 19.8 Å². The molecular formula is C9H10N2O6. The van der Waals surface area contributed by atoms with Gasteiger partial charge in [-0.3, -0.25) is 20.2 Å². The zero-order chi connectivity index (χ0) is 13.2. The highest BCUT2D eigenvalue weighted by atomic mass is 16.6. The Morgan fingerprint density at radius 1 is 1.12 bits per heavy atom. The van der Waals surface area contributed by atoms with Gasteiger partial charge < -0.3 is 10.2 Å². The van der Waals surface area contributed by atoms with E-state index >= 15 is 0 Å². The van der Waals surface area contributed by atoms with Crippen LogP contribution in [-0.2, 0) is 6.42 Å². The topological polar surface area (TPSA) is 127 Å². The summed E-state index contributed by atoms with van der Waals surface area (Å²) in [7, 11) is 0. The van der Waals surface area contributed by atoms with Gasteiger partial charge in [0, 0.05) is 0 Å². The molecule has 0 saturated heterocycles. The minimum atomic E-state index is -0.930. The molecule has 17 heavy (non-hydrogen) atoms. The summed E-state index contributed by atoms with van der Waals surface area (Å²) in [6, 6.07) is 0.545. The van der Waals surface area contributed by atoms with Crippen LogP contribution in [0.15, 0.2) is 6.07 Å². The summed E-state index contributed by atoms with van der Waals surface area (Å²) in [5.41, 5.74) is -1.73. The molecule has 8 nitrogen and oxygen atoms in total. The second kappa shape index (κ2) is 4.64. The van der Waals surface area contributed by atoms with Crippen LogP contribution in [0.5, 0.6) is 11.5 Å². The molecule has 0 aromatic heterocycles. The Labute approximate surface area is 95.4 Å². The predicted molar refractivity (Wildman–Crippen MR) is 57.1 cm³/mol. The van der Waals surface area contributed by atoms with Crippen molar-refractivity contribution >= 4 is 11.4 Å². The van der Waals surface area contributed by atoms with Gasteiger partial charge in [0.1, 0.15) is 6.07 Å². The highest BCUT2D eigenvalue weighted by Crippen LogP contribution is 2.43. The summed E-state index contributed by atoms with van der Waals surface area (Å²) in [5.74, 6) is -1.44. The molecule has 0 aliphatic heterocycles. The summed E-state index contributed by atoms with van der Waals surface area (Å²) >= 11 is 0. The normalized spacial score (nSPS) is 10.2. The van der Waals surface area contributed by atoms with Crippen molar-refractivity contribution in [1.82, 2.24) is 0 Å². The van der Waals surface area contributed by atoms with Crippen LogP contribution in [0, 0.1) is 20.2 Å². The number of aromatic hydroxyl groups is 2. The van der Waals surface area contributed by atoms with Crippen LogP contribution in [-0.4, -0.2) is 20.1 Å². The van der Waals surface area contributed by atoms with E-state index < -0.39 is 32.7 Å². The van der Waals surface area contributed by atoms with Crippen LogP contribution >= 0.6 is 0 Å². The van der Waals surface area contributed by atoms with E-state index in [1.807, 2.05) is 0 Å². The van der Waals surface area contributed by atoms with Crippen molar-refractivity contribution in [2.75, 3.05) is 0 Å². The standard InChI is InChI=1S/C9H10N2O6/c1-2-3-5-8(12)6(10(14)15)4-7(9(5)13)11(16)17/h4,12-13H,2-3H2,1H3. The number of phenols is 2. The Balaban J connectivity index is 3.57. The first-order valence-corrected chi connectivity index (χ1v) is 4.76. The Kier molecular flexibility index (Phi) is 3.46. The lowest BCUT2D eigenvalue weighted by Crippen LogP contribution is -1.98. The van der Waals surface area contributed by atoms with Crippen LogP contribution in [0.1, 0.15) is 18.9 Å². The van der Waals surface area contributed by atoms with Gasteiger partial charge in [-0.15, -0.1) is 0 Å². The maximum atomic E-state index is 10.6.